The van der Waals surface area contributed by atoms with E-state index in [1.807, 2.05) is 0 Å². The van der Waals surface area contributed by atoms with Crippen LogP contribution in [0.25, 0.3) is 54.6 Å². The van der Waals surface area contributed by atoms with Crippen LogP contribution in [0.4, 0.5) is 34.1 Å². The first-order chi connectivity index (χ1) is 29.2. The van der Waals surface area contributed by atoms with Crippen molar-refractivity contribution in [2.45, 2.75) is 41.5 Å². The molecular formula is C58H48N2. The lowest BCUT2D eigenvalue weighted by molar-refractivity contribution is 1.24. The van der Waals surface area contributed by atoms with Gasteiger partial charge in [0.05, 0.1) is 22.7 Å². The van der Waals surface area contributed by atoms with E-state index in [-0.39, 0.29) is 0 Å². The normalized spacial score (nSPS) is 11.5. The van der Waals surface area contributed by atoms with E-state index in [1.54, 1.807) is 0 Å². The third kappa shape index (κ3) is 6.37. The summed E-state index contributed by atoms with van der Waals surface area (Å²) >= 11 is 0. The largest absolute Gasteiger partial charge is 0.309 e. The number of hydrogen-bond donors (Lipinski definition) is 0. The number of benzene rings is 10. The molecule has 10 rings (SSSR count). The maximum absolute atomic E-state index is 2.52. The molecule has 0 saturated heterocycles. The summed E-state index contributed by atoms with van der Waals surface area (Å²) in [6.07, 6.45) is 0. The van der Waals surface area contributed by atoms with Gasteiger partial charge < -0.3 is 9.80 Å². The molecule has 2 nitrogen and oxygen atoms in total. The summed E-state index contributed by atoms with van der Waals surface area (Å²) < 4.78 is 0. The Hall–Kier alpha value is -7.16. The average molecular weight is 773 g/mol. The Labute approximate surface area is 354 Å². The van der Waals surface area contributed by atoms with Crippen molar-refractivity contribution in [1.29, 1.82) is 0 Å². The van der Waals surface area contributed by atoms with Crippen molar-refractivity contribution in [3.63, 3.8) is 0 Å². The van der Waals surface area contributed by atoms with Gasteiger partial charge in [-0.05, 0) is 144 Å². The van der Waals surface area contributed by atoms with Gasteiger partial charge in [-0.25, -0.2) is 0 Å². The summed E-state index contributed by atoms with van der Waals surface area (Å²) in [6.45, 7) is 13.3. The lowest BCUT2D eigenvalue weighted by atomic mass is 9.90. The van der Waals surface area contributed by atoms with Crippen molar-refractivity contribution in [3.8, 4) is 22.3 Å². The zero-order valence-corrected chi connectivity index (χ0v) is 35.2. The minimum absolute atomic E-state index is 1.16. The van der Waals surface area contributed by atoms with Crippen molar-refractivity contribution >= 4 is 66.4 Å². The molecule has 0 fully saturated rings. The second-order valence-corrected chi connectivity index (χ2v) is 16.6. The van der Waals surface area contributed by atoms with Gasteiger partial charge in [0.1, 0.15) is 0 Å². The van der Waals surface area contributed by atoms with Crippen LogP contribution in [0.3, 0.4) is 0 Å². The second kappa shape index (κ2) is 14.9. The fourth-order valence-electron chi connectivity index (χ4n) is 9.71. The summed E-state index contributed by atoms with van der Waals surface area (Å²) in [4.78, 5) is 5.04. The molecule has 290 valence electrons. The van der Waals surface area contributed by atoms with Gasteiger partial charge in [-0.2, -0.15) is 0 Å². The van der Waals surface area contributed by atoms with Crippen molar-refractivity contribution in [2.24, 2.45) is 0 Å². The van der Waals surface area contributed by atoms with Crippen LogP contribution < -0.4 is 9.80 Å². The van der Waals surface area contributed by atoms with Crippen molar-refractivity contribution < 1.29 is 0 Å². The van der Waals surface area contributed by atoms with Gasteiger partial charge in [0.2, 0.25) is 0 Å². The molecule has 0 aliphatic heterocycles. The van der Waals surface area contributed by atoms with Crippen molar-refractivity contribution in [1.82, 2.24) is 0 Å². The van der Waals surface area contributed by atoms with Gasteiger partial charge in [-0.15, -0.1) is 0 Å². The van der Waals surface area contributed by atoms with Crippen LogP contribution in [0.5, 0.6) is 0 Å². The lowest BCUT2D eigenvalue weighted by Gasteiger charge is -2.32. The number of para-hydroxylation sites is 2. The number of rotatable bonds is 8. The molecule has 2 heteroatoms. The van der Waals surface area contributed by atoms with E-state index in [0.29, 0.717) is 0 Å². The van der Waals surface area contributed by atoms with E-state index in [4.69, 9.17) is 0 Å². The van der Waals surface area contributed by atoms with Crippen LogP contribution in [0.15, 0.2) is 182 Å². The number of aryl methyl sites for hydroxylation is 6. The van der Waals surface area contributed by atoms with Gasteiger partial charge in [0, 0.05) is 33.3 Å². The smallest absolute Gasteiger partial charge is 0.0569 e. The molecule has 0 bridgehead atoms. The fourth-order valence-corrected chi connectivity index (χ4v) is 9.71. The van der Waals surface area contributed by atoms with E-state index in [0.717, 1.165) is 22.7 Å². The first kappa shape index (κ1) is 37.1. The van der Waals surface area contributed by atoms with Gasteiger partial charge in [0.25, 0.3) is 0 Å². The Balaban J connectivity index is 1.28. The molecule has 0 aliphatic carbocycles. The molecule has 0 aromatic heterocycles. The Morgan fingerprint density at radius 2 is 0.683 bits per heavy atom. The molecule has 0 heterocycles. The molecular weight excluding hydrogens is 725 g/mol. The summed E-state index contributed by atoms with van der Waals surface area (Å²) in [5.41, 5.74) is 19.2. The third-order valence-electron chi connectivity index (χ3n) is 12.1. The van der Waals surface area contributed by atoms with Gasteiger partial charge in [0.15, 0.2) is 0 Å². The SMILES string of the molecule is Cc1cc(C)cc(N(c2c(C)cccc2-c2ccccc2)c2ccc3ccc4c(N(c5cc(C)cc(C)c5)c5c(C)cccc5-c5ccccc5)ccc5ccc2c3c54)c1. The average Bonchev–Trinajstić information content (AvgIpc) is 3.25. The predicted octanol–water partition coefficient (Wildman–Crippen LogP) is 16.7. The summed E-state index contributed by atoms with van der Waals surface area (Å²) in [7, 11) is 0. The Morgan fingerprint density at radius 1 is 0.317 bits per heavy atom. The standard InChI is InChI=1S/C58H48N2/c1-37-31-38(2)34-47(33-37)59(57-41(5)15-13-21-49(57)43-17-9-7-10-18-43)53-29-25-45-24-28-52-54(30-26-46-23-27-51(53)55(45)56(46)52)60(48-35-39(3)32-40(4)36-48)58-42(6)16-14-22-50(58)44-19-11-8-12-20-44/h7-36H,1-6H3. The van der Waals surface area contributed by atoms with Crippen LogP contribution >= 0.6 is 0 Å². The first-order valence-corrected chi connectivity index (χ1v) is 21.0. The van der Waals surface area contributed by atoms with E-state index in [2.05, 4.69) is 233 Å². The van der Waals surface area contributed by atoms with Gasteiger partial charge in [-0.3, -0.25) is 0 Å². The molecule has 0 aliphatic rings. The molecule has 0 atom stereocenters. The maximum atomic E-state index is 2.52. The van der Waals surface area contributed by atoms with E-state index >= 15 is 0 Å². The van der Waals surface area contributed by atoms with Crippen LogP contribution in [-0.2, 0) is 0 Å². The first-order valence-electron chi connectivity index (χ1n) is 21.0. The Bertz CT molecular complexity index is 2960. The van der Waals surface area contributed by atoms with Crippen molar-refractivity contribution in [2.75, 3.05) is 9.80 Å². The van der Waals surface area contributed by atoms with Crippen molar-refractivity contribution in [3.05, 3.63) is 215 Å². The number of hydrogen-bond acceptors (Lipinski definition) is 2. The molecule has 10 aromatic carbocycles. The maximum Gasteiger partial charge on any atom is 0.0569 e. The zero-order chi connectivity index (χ0) is 41.1. The molecule has 0 amide bonds. The van der Waals surface area contributed by atoms with E-state index in [1.165, 1.54) is 99.3 Å². The highest BCUT2D eigenvalue weighted by Crippen LogP contribution is 2.51. The molecule has 0 spiro atoms. The molecule has 60 heavy (non-hydrogen) atoms. The topological polar surface area (TPSA) is 6.48 Å². The minimum Gasteiger partial charge on any atom is -0.309 e. The molecule has 0 saturated carbocycles. The highest BCUT2D eigenvalue weighted by atomic mass is 15.2. The number of nitrogens with zero attached hydrogens (tertiary/aromatic N) is 2. The van der Waals surface area contributed by atoms with Crippen LogP contribution in [0.2, 0.25) is 0 Å². The Morgan fingerprint density at radius 3 is 1.07 bits per heavy atom. The van der Waals surface area contributed by atoms with E-state index in [9.17, 15) is 0 Å². The zero-order valence-electron chi connectivity index (χ0n) is 35.2. The minimum atomic E-state index is 1.16. The number of anilines is 6. The molecule has 0 N–H and O–H groups in total. The highest BCUT2D eigenvalue weighted by Gasteiger charge is 2.26. The third-order valence-corrected chi connectivity index (χ3v) is 12.1. The highest BCUT2D eigenvalue weighted by molar-refractivity contribution is 6.28. The van der Waals surface area contributed by atoms with Gasteiger partial charge >= 0.3 is 0 Å². The lowest BCUT2D eigenvalue weighted by Crippen LogP contribution is -2.14. The second-order valence-electron chi connectivity index (χ2n) is 16.6. The summed E-state index contributed by atoms with van der Waals surface area (Å²) in [6, 6.07) is 67.6. The van der Waals surface area contributed by atoms with E-state index < -0.39 is 0 Å². The van der Waals surface area contributed by atoms with Crippen LogP contribution in [-0.4, -0.2) is 0 Å². The van der Waals surface area contributed by atoms with Crippen LogP contribution in [0, 0.1) is 41.5 Å². The molecule has 0 unspecified atom stereocenters. The predicted molar refractivity (Wildman–Crippen MR) is 259 cm³/mol. The van der Waals surface area contributed by atoms with Crippen LogP contribution in [0.1, 0.15) is 33.4 Å². The quantitative estimate of drug-likeness (QED) is 0.142. The summed E-state index contributed by atoms with van der Waals surface area (Å²) in [5.74, 6) is 0. The molecule has 10 aromatic rings. The van der Waals surface area contributed by atoms with Gasteiger partial charge in [-0.1, -0.05) is 146 Å². The molecule has 0 radical (unpaired) electrons. The summed E-state index contributed by atoms with van der Waals surface area (Å²) in [5, 5.41) is 7.47. The fraction of sp³-hybridized carbons (Fsp3) is 0.103. The Kier molecular flexibility index (Phi) is 9.22. The monoisotopic (exact) mass is 772 g/mol.